The van der Waals surface area contributed by atoms with Crippen LogP contribution in [0.1, 0.15) is 19.8 Å². The minimum Gasteiger partial charge on any atom is -0.385 e. The second-order valence-electron chi connectivity index (χ2n) is 4.44. The van der Waals surface area contributed by atoms with Gasteiger partial charge in [0, 0.05) is 23.2 Å². The Kier molecular flexibility index (Phi) is 4.13. The summed E-state index contributed by atoms with van der Waals surface area (Å²) in [5.41, 5.74) is 6.98. The average Bonchev–Trinajstić information content (AvgIpc) is 2.25. The zero-order valence-electron chi connectivity index (χ0n) is 9.78. The predicted octanol–water partition coefficient (Wildman–Crippen LogP) is 2.95. The van der Waals surface area contributed by atoms with Crippen molar-refractivity contribution in [3.8, 4) is 0 Å². The molecule has 0 spiro atoms. The average molecular weight is 236 g/mol. The summed E-state index contributed by atoms with van der Waals surface area (Å²) >= 11 is 1.88. The first kappa shape index (κ1) is 11.8. The SMILES string of the molecule is CCSc1ccc(NCC2CC(N)C2)cc1. The molecule has 1 aliphatic carbocycles. The minimum absolute atomic E-state index is 0.454. The molecule has 1 aromatic rings. The first-order valence-electron chi connectivity index (χ1n) is 6.00. The molecule has 3 N–H and O–H groups in total. The minimum atomic E-state index is 0.454. The first-order chi connectivity index (χ1) is 7.78. The van der Waals surface area contributed by atoms with E-state index in [1.807, 2.05) is 11.8 Å². The standard InChI is InChI=1S/C13H20N2S/c1-2-16-13-5-3-12(4-6-13)15-9-10-7-11(14)8-10/h3-6,10-11,15H,2,7-9,14H2,1H3. The summed E-state index contributed by atoms with van der Waals surface area (Å²) in [6.45, 7) is 3.24. The third-order valence-corrected chi connectivity index (χ3v) is 3.93. The van der Waals surface area contributed by atoms with Gasteiger partial charge in [-0.1, -0.05) is 6.92 Å². The Morgan fingerprint density at radius 1 is 1.31 bits per heavy atom. The van der Waals surface area contributed by atoms with Gasteiger partial charge in [-0.15, -0.1) is 11.8 Å². The van der Waals surface area contributed by atoms with Crippen LogP contribution < -0.4 is 11.1 Å². The lowest BCUT2D eigenvalue weighted by atomic mass is 9.81. The lowest BCUT2D eigenvalue weighted by Crippen LogP contribution is -2.39. The van der Waals surface area contributed by atoms with Crippen molar-refractivity contribution < 1.29 is 0 Å². The van der Waals surface area contributed by atoms with E-state index in [2.05, 4.69) is 36.5 Å². The van der Waals surface area contributed by atoms with Crippen LogP contribution in [0.25, 0.3) is 0 Å². The summed E-state index contributed by atoms with van der Waals surface area (Å²) < 4.78 is 0. The second kappa shape index (κ2) is 5.60. The number of benzene rings is 1. The highest BCUT2D eigenvalue weighted by Gasteiger charge is 2.25. The molecule has 0 aromatic heterocycles. The molecule has 0 bridgehead atoms. The molecule has 16 heavy (non-hydrogen) atoms. The molecule has 1 fully saturated rings. The van der Waals surface area contributed by atoms with Crippen LogP contribution in [0, 0.1) is 5.92 Å². The molecular formula is C13H20N2S. The normalized spacial score (nSPS) is 23.9. The molecule has 0 unspecified atom stereocenters. The molecule has 0 aliphatic heterocycles. The quantitative estimate of drug-likeness (QED) is 0.772. The van der Waals surface area contributed by atoms with Gasteiger partial charge in [-0.05, 0) is 48.8 Å². The van der Waals surface area contributed by atoms with Gasteiger partial charge in [0.05, 0.1) is 0 Å². The van der Waals surface area contributed by atoms with Crippen molar-refractivity contribution in [2.45, 2.75) is 30.7 Å². The van der Waals surface area contributed by atoms with Gasteiger partial charge in [-0.3, -0.25) is 0 Å². The van der Waals surface area contributed by atoms with Crippen molar-refractivity contribution in [2.75, 3.05) is 17.6 Å². The molecule has 0 heterocycles. The second-order valence-corrected chi connectivity index (χ2v) is 5.77. The van der Waals surface area contributed by atoms with Crippen LogP contribution in [0.4, 0.5) is 5.69 Å². The fourth-order valence-corrected chi connectivity index (χ4v) is 2.71. The Labute approximate surface area is 102 Å². The van der Waals surface area contributed by atoms with E-state index in [4.69, 9.17) is 5.73 Å². The predicted molar refractivity (Wildman–Crippen MR) is 72.0 cm³/mol. The Morgan fingerprint density at radius 3 is 2.56 bits per heavy atom. The summed E-state index contributed by atoms with van der Waals surface area (Å²) in [5, 5.41) is 3.47. The topological polar surface area (TPSA) is 38.0 Å². The van der Waals surface area contributed by atoms with Crippen molar-refractivity contribution in [3.63, 3.8) is 0 Å². The van der Waals surface area contributed by atoms with Crippen LogP contribution in [-0.2, 0) is 0 Å². The molecule has 1 aliphatic rings. The molecule has 88 valence electrons. The van der Waals surface area contributed by atoms with E-state index >= 15 is 0 Å². The molecule has 1 saturated carbocycles. The van der Waals surface area contributed by atoms with E-state index in [1.54, 1.807) is 0 Å². The van der Waals surface area contributed by atoms with Crippen molar-refractivity contribution in [2.24, 2.45) is 11.7 Å². The number of hydrogen-bond donors (Lipinski definition) is 2. The van der Waals surface area contributed by atoms with E-state index < -0.39 is 0 Å². The van der Waals surface area contributed by atoms with Crippen LogP contribution in [-0.4, -0.2) is 18.3 Å². The molecule has 2 nitrogen and oxygen atoms in total. The van der Waals surface area contributed by atoms with Crippen molar-refractivity contribution in [1.29, 1.82) is 0 Å². The largest absolute Gasteiger partial charge is 0.385 e. The molecule has 0 saturated heterocycles. The van der Waals surface area contributed by atoms with Gasteiger partial charge in [-0.25, -0.2) is 0 Å². The molecular weight excluding hydrogens is 216 g/mol. The lowest BCUT2D eigenvalue weighted by molar-refractivity contribution is 0.280. The third kappa shape index (κ3) is 3.16. The number of nitrogens with one attached hydrogen (secondary N) is 1. The Hall–Kier alpha value is -0.670. The molecule has 1 aromatic carbocycles. The number of rotatable bonds is 5. The van der Waals surface area contributed by atoms with E-state index in [9.17, 15) is 0 Å². The maximum absolute atomic E-state index is 5.76. The van der Waals surface area contributed by atoms with E-state index in [0.29, 0.717) is 6.04 Å². The lowest BCUT2D eigenvalue weighted by Gasteiger charge is -2.32. The van der Waals surface area contributed by atoms with E-state index in [0.717, 1.165) is 18.2 Å². The highest BCUT2D eigenvalue weighted by molar-refractivity contribution is 7.99. The fraction of sp³-hybridized carbons (Fsp3) is 0.538. The maximum Gasteiger partial charge on any atom is 0.0341 e. The zero-order chi connectivity index (χ0) is 11.4. The first-order valence-corrected chi connectivity index (χ1v) is 6.99. The Bertz CT molecular complexity index is 317. The number of thioether (sulfide) groups is 1. The summed E-state index contributed by atoms with van der Waals surface area (Å²) in [5.74, 6) is 1.91. The van der Waals surface area contributed by atoms with Crippen LogP contribution in [0.15, 0.2) is 29.2 Å². The number of hydrogen-bond acceptors (Lipinski definition) is 3. The molecule has 2 rings (SSSR count). The van der Waals surface area contributed by atoms with Gasteiger partial charge in [0.2, 0.25) is 0 Å². The third-order valence-electron chi connectivity index (χ3n) is 3.03. The summed E-state index contributed by atoms with van der Waals surface area (Å²) in [6.07, 6.45) is 2.35. The van der Waals surface area contributed by atoms with E-state index in [1.165, 1.54) is 23.4 Å². The summed E-state index contributed by atoms with van der Waals surface area (Å²) in [6, 6.07) is 9.15. The molecule has 0 radical (unpaired) electrons. The van der Waals surface area contributed by atoms with Gasteiger partial charge in [-0.2, -0.15) is 0 Å². The molecule has 0 amide bonds. The van der Waals surface area contributed by atoms with Crippen molar-refractivity contribution >= 4 is 17.4 Å². The molecule has 3 heteroatoms. The highest BCUT2D eigenvalue weighted by Crippen LogP contribution is 2.26. The van der Waals surface area contributed by atoms with Gasteiger partial charge >= 0.3 is 0 Å². The van der Waals surface area contributed by atoms with Crippen LogP contribution in [0.2, 0.25) is 0 Å². The number of anilines is 1. The van der Waals surface area contributed by atoms with Crippen molar-refractivity contribution in [3.05, 3.63) is 24.3 Å². The van der Waals surface area contributed by atoms with Crippen LogP contribution >= 0.6 is 11.8 Å². The fourth-order valence-electron chi connectivity index (χ4n) is 2.05. The maximum atomic E-state index is 5.76. The van der Waals surface area contributed by atoms with Crippen LogP contribution in [0.5, 0.6) is 0 Å². The van der Waals surface area contributed by atoms with Crippen molar-refractivity contribution in [1.82, 2.24) is 0 Å². The zero-order valence-corrected chi connectivity index (χ0v) is 10.6. The van der Waals surface area contributed by atoms with E-state index in [-0.39, 0.29) is 0 Å². The van der Waals surface area contributed by atoms with Gasteiger partial charge in [0.15, 0.2) is 0 Å². The Morgan fingerprint density at radius 2 is 2.00 bits per heavy atom. The smallest absolute Gasteiger partial charge is 0.0341 e. The number of nitrogens with two attached hydrogens (primary N) is 1. The molecule has 0 atom stereocenters. The highest BCUT2D eigenvalue weighted by atomic mass is 32.2. The Balaban J connectivity index is 1.76. The van der Waals surface area contributed by atoms with Crippen LogP contribution in [0.3, 0.4) is 0 Å². The van der Waals surface area contributed by atoms with Gasteiger partial charge in [0.1, 0.15) is 0 Å². The monoisotopic (exact) mass is 236 g/mol. The van der Waals surface area contributed by atoms with Gasteiger partial charge < -0.3 is 11.1 Å². The summed E-state index contributed by atoms with van der Waals surface area (Å²) in [7, 11) is 0. The summed E-state index contributed by atoms with van der Waals surface area (Å²) in [4.78, 5) is 1.35. The van der Waals surface area contributed by atoms with Gasteiger partial charge in [0.25, 0.3) is 0 Å².